The quantitative estimate of drug-likeness (QED) is 0.458. The molecule has 0 N–H and O–H groups in total. The van der Waals surface area contributed by atoms with Gasteiger partial charge in [0.25, 0.3) is 0 Å². The molecule has 5 aromatic rings. The lowest BCUT2D eigenvalue weighted by Gasteiger charge is -2.06. The Balaban J connectivity index is 1.96. The van der Waals surface area contributed by atoms with Gasteiger partial charge < -0.3 is 0 Å². The lowest BCUT2D eigenvalue weighted by Crippen LogP contribution is -1.91. The van der Waals surface area contributed by atoms with Crippen LogP contribution in [0.3, 0.4) is 0 Å². The topological polar surface area (TPSA) is 51.6 Å². The number of fused-ring (bicyclic) bond motifs is 4. The van der Waals surface area contributed by atoms with Crippen LogP contribution in [0.15, 0.2) is 61.3 Å². The zero-order chi connectivity index (χ0) is 15.2. The summed E-state index contributed by atoms with van der Waals surface area (Å²) in [7, 11) is 0. The molecule has 0 saturated carbocycles. The number of aromatic nitrogens is 4. The number of hydrogen-bond acceptors (Lipinski definition) is 5. The summed E-state index contributed by atoms with van der Waals surface area (Å²) in [6.07, 6.45) is 7.13. The van der Waals surface area contributed by atoms with Gasteiger partial charge in [0.05, 0.1) is 5.69 Å². The third-order valence-electron chi connectivity index (χ3n) is 3.97. The maximum atomic E-state index is 4.61. The summed E-state index contributed by atoms with van der Waals surface area (Å²) in [5.41, 5.74) is 1.75. The lowest BCUT2D eigenvalue weighted by molar-refractivity contribution is 1.21. The average Bonchev–Trinajstić information content (AvgIpc) is 3.00. The molecule has 5 heteroatoms. The van der Waals surface area contributed by atoms with E-state index in [4.69, 9.17) is 0 Å². The van der Waals surface area contributed by atoms with E-state index < -0.39 is 0 Å². The molecule has 4 nitrogen and oxygen atoms in total. The summed E-state index contributed by atoms with van der Waals surface area (Å²) in [6, 6.07) is 12.3. The fraction of sp³-hybridized carbons (Fsp3) is 0. The largest absolute Gasteiger partial charge is 0.264 e. The molecule has 0 spiro atoms. The highest BCUT2D eigenvalue weighted by atomic mass is 32.1. The Morgan fingerprint density at radius 3 is 2.74 bits per heavy atom. The van der Waals surface area contributed by atoms with Crippen molar-refractivity contribution >= 4 is 42.4 Å². The second-order valence-electron chi connectivity index (χ2n) is 5.26. The molecule has 4 heterocycles. The van der Waals surface area contributed by atoms with Gasteiger partial charge in [0.2, 0.25) is 0 Å². The van der Waals surface area contributed by atoms with Crippen molar-refractivity contribution in [3.63, 3.8) is 0 Å². The van der Waals surface area contributed by atoms with Gasteiger partial charge in [-0.25, -0.2) is 9.97 Å². The van der Waals surface area contributed by atoms with Crippen LogP contribution in [0.5, 0.6) is 0 Å². The van der Waals surface area contributed by atoms with Crippen LogP contribution in [0.2, 0.25) is 0 Å². The summed E-state index contributed by atoms with van der Waals surface area (Å²) in [5, 5.41) is 4.36. The van der Waals surface area contributed by atoms with E-state index in [1.807, 2.05) is 36.7 Å². The third kappa shape index (κ3) is 1.83. The van der Waals surface area contributed by atoms with Crippen molar-refractivity contribution < 1.29 is 0 Å². The summed E-state index contributed by atoms with van der Waals surface area (Å²) in [5.74, 6) is 0. The van der Waals surface area contributed by atoms with Gasteiger partial charge in [-0.1, -0.05) is 24.3 Å². The molecule has 0 aliphatic rings. The van der Waals surface area contributed by atoms with Crippen molar-refractivity contribution in [3.05, 3.63) is 61.3 Å². The van der Waals surface area contributed by atoms with Crippen LogP contribution in [0.1, 0.15) is 0 Å². The molecule has 108 valence electrons. The molecule has 0 aliphatic heterocycles. The zero-order valence-corrected chi connectivity index (χ0v) is 12.8. The first kappa shape index (κ1) is 12.6. The minimum Gasteiger partial charge on any atom is -0.264 e. The Kier molecular flexibility index (Phi) is 2.63. The first-order chi connectivity index (χ1) is 11.4. The number of hydrogen-bond donors (Lipinski definition) is 0. The second kappa shape index (κ2) is 4.79. The highest BCUT2D eigenvalue weighted by molar-refractivity contribution is 7.25. The number of rotatable bonds is 1. The Labute approximate surface area is 135 Å². The number of benzene rings is 1. The molecule has 23 heavy (non-hydrogen) atoms. The SMILES string of the molecule is c1ccc2c(-c3ncnc4sc5ccncc5c34)nccc2c1. The highest BCUT2D eigenvalue weighted by Gasteiger charge is 2.15. The molecule has 0 radical (unpaired) electrons. The highest BCUT2D eigenvalue weighted by Crippen LogP contribution is 2.38. The van der Waals surface area contributed by atoms with Crippen molar-refractivity contribution in [2.75, 3.05) is 0 Å². The van der Waals surface area contributed by atoms with Crippen molar-refractivity contribution in [1.29, 1.82) is 0 Å². The van der Waals surface area contributed by atoms with Crippen LogP contribution in [-0.2, 0) is 0 Å². The van der Waals surface area contributed by atoms with Crippen molar-refractivity contribution in [2.45, 2.75) is 0 Å². The summed E-state index contributed by atoms with van der Waals surface area (Å²) >= 11 is 1.66. The van der Waals surface area contributed by atoms with Gasteiger partial charge in [0.1, 0.15) is 16.9 Å². The maximum absolute atomic E-state index is 4.61. The van der Waals surface area contributed by atoms with E-state index in [0.717, 1.165) is 42.5 Å². The van der Waals surface area contributed by atoms with Crippen LogP contribution < -0.4 is 0 Å². The molecule has 4 aromatic heterocycles. The molecule has 0 fully saturated rings. The Morgan fingerprint density at radius 2 is 1.74 bits per heavy atom. The summed E-state index contributed by atoms with van der Waals surface area (Å²) in [6.45, 7) is 0. The minimum absolute atomic E-state index is 0.867. The first-order valence-electron chi connectivity index (χ1n) is 7.23. The molecule has 0 atom stereocenters. The van der Waals surface area contributed by atoms with Gasteiger partial charge in [0, 0.05) is 39.4 Å². The molecular formula is C18H10N4S. The summed E-state index contributed by atoms with van der Waals surface area (Å²) < 4.78 is 1.16. The van der Waals surface area contributed by atoms with Crippen LogP contribution in [0.25, 0.3) is 42.5 Å². The fourth-order valence-electron chi connectivity index (χ4n) is 2.94. The average molecular weight is 314 g/mol. The Bertz CT molecular complexity index is 1170. The zero-order valence-electron chi connectivity index (χ0n) is 12.0. The van der Waals surface area contributed by atoms with Crippen LogP contribution in [-0.4, -0.2) is 19.9 Å². The molecule has 0 saturated heterocycles. The van der Waals surface area contributed by atoms with Crippen LogP contribution >= 0.6 is 11.3 Å². The minimum atomic E-state index is 0.867. The van der Waals surface area contributed by atoms with E-state index in [2.05, 4.69) is 32.1 Å². The molecule has 0 bridgehead atoms. The van der Waals surface area contributed by atoms with E-state index >= 15 is 0 Å². The standard InChI is InChI=1S/C18H10N4S/c1-2-4-12-11(3-1)5-8-20-16(12)17-15-13-9-19-7-6-14(13)23-18(15)22-10-21-17/h1-10H. The number of nitrogens with zero attached hydrogens (tertiary/aromatic N) is 4. The Morgan fingerprint density at radius 1 is 0.783 bits per heavy atom. The van der Waals surface area contributed by atoms with E-state index in [1.54, 1.807) is 23.9 Å². The van der Waals surface area contributed by atoms with Crippen molar-refractivity contribution in [3.8, 4) is 11.4 Å². The van der Waals surface area contributed by atoms with Crippen molar-refractivity contribution in [2.24, 2.45) is 0 Å². The van der Waals surface area contributed by atoms with E-state index in [-0.39, 0.29) is 0 Å². The number of pyridine rings is 2. The predicted octanol–water partition coefficient (Wildman–Crippen LogP) is 4.45. The van der Waals surface area contributed by atoms with Gasteiger partial charge in [-0.15, -0.1) is 11.3 Å². The lowest BCUT2D eigenvalue weighted by atomic mass is 10.1. The Hall–Kier alpha value is -2.92. The third-order valence-corrected chi connectivity index (χ3v) is 5.05. The molecule has 5 rings (SSSR count). The normalized spacial score (nSPS) is 11.5. The van der Waals surface area contributed by atoms with E-state index in [0.29, 0.717) is 0 Å². The molecule has 0 unspecified atom stereocenters. The van der Waals surface area contributed by atoms with Gasteiger partial charge in [-0.2, -0.15) is 0 Å². The molecule has 0 amide bonds. The smallest absolute Gasteiger partial charge is 0.128 e. The second-order valence-corrected chi connectivity index (χ2v) is 6.29. The van der Waals surface area contributed by atoms with Gasteiger partial charge in [-0.05, 0) is 17.5 Å². The van der Waals surface area contributed by atoms with E-state index in [1.165, 1.54) is 0 Å². The van der Waals surface area contributed by atoms with E-state index in [9.17, 15) is 0 Å². The van der Waals surface area contributed by atoms with Crippen LogP contribution in [0.4, 0.5) is 0 Å². The maximum Gasteiger partial charge on any atom is 0.128 e. The van der Waals surface area contributed by atoms with Gasteiger partial charge in [0.15, 0.2) is 0 Å². The van der Waals surface area contributed by atoms with Crippen molar-refractivity contribution in [1.82, 2.24) is 19.9 Å². The molecular weight excluding hydrogens is 304 g/mol. The first-order valence-corrected chi connectivity index (χ1v) is 8.05. The molecule has 1 aromatic carbocycles. The van der Waals surface area contributed by atoms with Crippen LogP contribution in [0, 0.1) is 0 Å². The number of thiophene rings is 1. The molecule has 0 aliphatic carbocycles. The van der Waals surface area contributed by atoms with Gasteiger partial charge >= 0.3 is 0 Å². The predicted molar refractivity (Wildman–Crippen MR) is 93.5 cm³/mol. The fourth-order valence-corrected chi connectivity index (χ4v) is 3.95. The monoisotopic (exact) mass is 314 g/mol. The summed E-state index contributed by atoms with van der Waals surface area (Å²) in [4.78, 5) is 18.8. The van der Waals surface area contributed by atoms with Gasteiger partial charge in [-0.3, -0.25) is 9.97 Å².